The first kappa shape index (κ1) is 20.0. The Morgan fingerprint density at radius 3 is 2.61 bits per heavy atom. The zero-order valence-electron chi connectivity index (χ0n) is 15.3. The summed E-state index contributed by atoms with van der Waals surface area (Å²) in [6.45, 7) is 2.46. The molecule has 0 saturated carbocycles. The van der Waals surface area contributed by atoms with Gasteiger partial charge in [-0.15, -0.1) is 11.8 Å². The van der Waals surface area contributed by atoms with E-state index in [1.807, 2.05) is 42.5 Å². The van der Waals surface area contributed by atoms with Crippen LogP contribution in [0.15, 0.2) is 65.7 Å². The topological polar surface area (TPSA) is 77.2 Å². The molecule has 0 aliphatic carbocycles. The second-order valence-electron chi connectivity index (χ2n) is 5.89. The molecular weight excluding hydrogens is 394 g/mol. The molecular formula is C21H20ClN3O2S. The number of benzene rings is 2. The number of amides is 1. The number of hydrogen-bond donors (Lipinski definition) is 2. The Hall–Kier alpha value is -2.70. The molecule has 0 atom stereocenters. The highest BCUT2D eigenvalue weighted by Crippen LogP contribution is 2.32. The molecule has 144 valence electrons. The Balaban J connectivity index is 1.58. The SMILES string of the molecule is CCSc1ccc(Oc2ccc(CNC(=O)c3cccnc3N)cc2)cc1Cl. The first-order valence-electron chi connectivity index (χ1n) is 8.74. The van der Waals surface area contributed by atoms with Crippen molar-refractivity contribution >= 4 is 35.1 Å². The maximum atomic E-state index is 12.2. The van der Waals surface area contributed by atoms with Gasteiger partial charge in [-0.2, -0.15) is 0 Å². The number of halogens is 1. The summed E-state index contributed by atoms with van der Waals surface area (Å²) in [5, 5.41) is 3.51. The van der Waals surface area contributed by atoms with Crippen LogP contribution in [0.5, 0.6) is 11.5 Å². The average molecular weight is 414 g/mol. The fraction of sp³-hybridized carbons (Fsp3) is 0.143. The van der Waals surface area contributed by atoms with Crippen LogP contribution in [0.4, 0.5) is 5.82 Å². The smallest absolute Gasteiger partial charge is 0.255 e. The third kappa shape index (κ3) is 5.18. The molecule has 2 aromatic carbocycles. The predicted molar refractivity (Wildman–Crippen MR) is 114 cm³/mol. The summed E-state index contributed by atoms with van der Waals surface area (Å²) >= 11 is 7.97. The second kappa shape index (κ2) is 9.48. The second-order valence-corrected chi connectivity index (χ2v) is 7.60. The molecule has 0 saturated heterocycles. The van der Waals surface area contributed by atoms with Gasteiger partial charge in [0.25, 0.3) is 5.91 Å². The number of anilines is 1. The zero-order valence-corrected chi connectivity index (χ0v) is 16.9. The molecule has 28 heavy (non-hydrogen) atoms. The Kier molecular flexibility index (Phi) is 6.79. The van der Waals surface area contributed by atoms with Crippen molar-refractivity contribution in [2.24, 2.45) is 0 Å². The van der Waals surface area contributed by atoms with E-state index in [2.05, 4.69) is 17.2 Å². The van der Waals surface area contributed by atoms with Crippen molar-refractivity contribution in [1.82, 2.24) is 10.3 Å². The molecule has 0 bridgehead atoms. The predicted octanol–water partition coefficient (Wildman–Crippen LogP) is 5.15. The minimum Gasteiger partial charge on any atom is -0.457 e. The summed E-state index contributed by atoms with van der Waals surface area (Å²) in [4.78, 5) is 17.1. The van der Waals surface area contributed by atoms with Crippen molar-refractivity contribution in [2.75, 3.05) is 11.5 Å². The van der Waals surface area contributed by atoms with Crippen LogP contribution in [0.3, 0.4) is 0 Å². The number of ether oxygens (including phenoxy) is 1. The summed E-state index contributed by atoms with van der Waals surface area (Å²) < 4.78 is 5.85. The number of nitrogens with zero attached hydrogens (tertiary/aromatic N) is 1. The van der Waals surface area contributed by atoms with Gasteiger partial charge in [0.15, 0.2) is 0 Å². The summed E-state index contributed by atoms with van der Waals surface area (Å²) in [7, 11) is 0. The summed E-state index contributed by atoms with van der Waals surface area (Å²) in [5.74, 6) is 2.29. The van der Waals surface area contributed by atoms with Crippen LogP contribution < -0.4 is 15.8 Å². The third-order valence-electron chi connectivity index (χ3n) is 3.90. The summed E-state index contributed by atoms with van der Waals surface area (Å²) in [6.07, 6.45) is 1.55. The molecule has 3 rings (SSSR count). The number of hydrogen-bond acceptors (Lipinski definition) is 5. The number of nitrogens with one attached hydrogen (secondary N) is 1. The number of carbonyl (C=O) groups is 1. The Bertz CT molecular complexity index is 964. The lowest BCUT2D eigenvalue weighted by Gasteiger charge is -2.10. The van der Waals surface area contributed by atoms with Crippen LogP contribution in [-0.2, 0) is 6.54 Å². The van der Waals surface area contributed by atoms with Crippen LogP contribution in [0.1, 0.15) is 22.8 Å². The van der Waals surface area contributed by atoms with Crippen LogP contribution in [0.25, 0.3) is 0 Å². The first-order valence-corrected chi connectivity index (χ1v) is 10.1. The highest BCUT2D eigenvalue weighted by Gasteiger charge is 2.09. The minimum atomic E-state index is -0.259. The van der Waals surface area contributed by atoms with Gasteiger partial charge < -0.3 is 15.8 Å². The van der Waals surface area contributed by atoms with Gasteiger partial charge in [0.05, 0.1) is 10.6 Å². The average Bonchev–Trinajstić information content (AvgIpc) is 2.70. The van der Waals surface area contributed by atoms with E-state index in [1.165, 1.54) is 0 Å². The zero-order chi connectivity index (χ0) is 19.9. The standard InChI is InChI=1S/C21H20ClN3O2S/c1-2-28-19-10-9-16(12-18(19)22)27-15-7-5-14(6-8-15)13-25-21(26)17-4-3-11-24-20(17)23/h3-12H,2,13H2,1H3,(H2,23,24)(H,25,26). The van der Waals surface area contributed by atoms with Crippen molar-refractivity contribution in [3.63, 3.8) is 0 Å². The highest BCUT2D eigenvalue weighted by atomic mass is 35.5. The van der Waals surface area contributed by atoms with Gasteiger partial charge in [-0.25, -0.2) is 4.98 Å². The monoisotopic (exact) mass is 413 g/mol. The molecule has 0 spiro atoms. The van der Waals surface area contributed by atoms with E-state index in [9.17, 15) is 4.79 Å². The van der Waals surface area contributed by atoms with Gasteiger partial charge in [0.1, 0.15) is 17.3 Å². The summed E-state index contributed by atoms with van der Waals surface area (Å²) in [5.41, 5.74) is 7.03. The molecule has 7 heteroatoms. The molecule has 0 unspecified atom stereocenters. The van der Waals surface area contributed by atoms with Gasteiger partial charge in [-0.1, -0.05) is 30.7 Å². The molecule has 3 aromatic rings. The number of carbonyl (C=O) groups excluding carboxylic acids is 1. The van der Waals surface area contributed by atoms with E-state index < -0.39 is 0 Å². The normalized spacial score (nSPS) is 10.5. The van der Waals surface area contributed by atoms with E-state index in [-0.39, 0.29) is 11.7 Å². The van der Waals surface area contributed by atoms with Gasteiger partial charge >= 0.3 is 0 Å². The molecule has 0 radical (unpaired) electrons. The van der Waals surface area contributed by atoms with Crippen LogP contribution in [0.2, 0.25) is 5.02 Å². The Labute approximate surface area is 173 Å². The number of aromatic nitrogens is 1. The van der Waals surface area contributed by atoms with Crippen molar-refractivity contribution in [3.8, 4) is 11.5 Å². The maximum absolute atomic E-state index is 12.2. The van der Waals surface area contributed by atoms with E-state index >= 15 is 0 Å². The molecule has 0 aliphatic heterocycles. The third-order valence-corrected chi connectivity index (χ3v) is 5.28. The molecule has 0 aliphatic rings. The minimum absolute atomic E-state index is 0.214. The van der Waals surface area contributed by atoms with Crippen LogP contribution in [-0.4, -0.2) is 16.6 Å². The quantitative estimate of drug-likeness (QED) is 0.523. The number of rotatable bonds is 7. The Morgan fingerprint density at radius 2 is 1.93 bits per heavy atom. The number of pyridine rings is 1. The van der Waals surface area contributed by atoms with Gasteiger partial charge in [0, 0.05) is 23.7 Å². The van der Waals surface area contributed by atoms with Crippen LogP contribution >= 0.6 is 23.4 Å². The largest absolute Gasteiger partial charge is 0.457 e. The lowest BCUT2D eigenvalue weighted by molar-refractivity contribution is 0.0951. The molecule has 0 fully saturated rings. The highest BCUT2D eigenvalue weighted by molar-refractivity contribution is 7.99. The first-order chi connectivity index (χ1) is 13.6. The van der Waals surface area contributed by atoms with Crippen molar-refractivity contribution in [2.45, 2.75) is 18.4 Å². The lowest BCUT2D eigenvalue weighted by Crippen LogP contribution is -2.24. The fourth-order valence-electron chi connectivity index (χ4n) is 2.52. The van der Waals surface area contributed by atoms with Crippen molar-refractivity contribution in [3.05, 3.63) is 76.9 Å². The molecule has 5 nitrogen and oxygen atoms in total. The van der Waals surface area contributed by atoms with E-state index in [0.29, 0.717) is 28.6 Å². The van der Waals surface area contributed by atoms with Crippen molar-refractivity contribution < 1.29 is 9.53 Å². The molecule has 1 amide bonds. The lowest BCUT2D eigenvalue weighted by atomic mass is 10.2. The summed E-state index contributed by atoms with van der Waals surface area (Å²) in [6, 6.07) is 16.5. The number of thioether (sulfide) groups is 1. The van der Waals surface area contributed by atoms with Gasteiger partial charge in [-0.3, -0.25) is 4.79 Å². The maximum Gasteiger partial charge on any atom is 0.255 e. The number of nitrogens with two attached hydrogens (primary N) is 1. The van der Waals surface area contributed by atoms with E-state index in [1.54, 1.807) is 30.1 Å². The molecule has 3 N–H and O–H groups in total. The molecule has 1 heterocycles. The van der Waals surface area contributed by atoms with E-state index in [4.69, 9.17) is 22.1 Å². The number of nitrogen functional groups attached to an aromatic ring is 1. The Morgan fingerprint density at radius 1 is 1.18 bits per heavy atom. The molecule has 1 aromatic heterocycles. The van der Waals surface area contributed by atoms with E-state index in [0.717, 1.165) is 16.2 Å². The van der Waals surface area contributed by atoms with Crippen molar-refractivity contribution in [1.29, 1.82) is 0 Å². The van der Waals surface area contributed by atoms with Gasteiger partial charge in [0.2, 0.25) is 0 Å². The van der Waals surface area contributed by atoms with Crippen LogP contribution in [0, 0.1) is 0 Å². The van der Waals surface area contributed by atoms with Gasteiger partial charge in [-0.05, 0) is 47.7 Å². The fourth-order valence-corrected chi connectivity index (χ4v) is 3.52.